The van der Waals surface area contributed by atoms with E-state index >= 15 is 0 Å². The van der Waals surface area contributed by atoms with Gasteiger partial charge in [-0.05, 0) is 56.2 Å². The summed E-state index contributed by atoms with van der Waals surface area (Å²) < 4.78 is 7.56. The van der Waals surface area contributed by atoms with Gasteiger partial charge in [-0.25, -0.2) is 0 Å². The van der Waals surface area contributed by atoms with Gasteiger partial charge in [0.2, 0.25) is 0 Å². The van der Waals surface area contributed by atoms with Crippen LogP contribution in [0, 0.1) is 13.8 Å². The fourth-order valence-electron chi connectivity index (χ4n) is 3.88. The molecule has 0 spiro atoms. The molecule has 7 heteroatoms. The first-order chi connectivity index (χ1) is 13.1. The molecule has 1 aliphatic rings. The molecule has 1 fully saturated rings. The van der Waals surface area contributed by atoms with Crippen LogP contribution in [0.5, 0.6) is 0 Å². The summed E-state index contributed by atoms with van der Waals surface area (Å²) in [6.45, 7) is 6.63. The van der Waals surface area contributed by atoms with E-state index in [-0.39, 0.29) is 18.7 Å². The highest BCUT2D eigenvalue weighted by Gasteiger charge is 2.40. The van der Waals surface area contributed by atoms with Gasteiger partial charge in [-0.15, -0.1) is 0 Å². The maximum atomic E-state index is 9.33. The first-order valence-electron chi connectivity index (χ1n) is 9.33. The van der Waals surface area contributed by atoms with Crippen molar-refractivity contribution in [2.45, 2.75) is 38.9 Å². The van der Waals surface area contributed by atoms with Crippen LogP contribution in [0.2, 0.25) is 0 Å². The molecule has 3 rings (SSSR count). The second kappa shape index (κ2) is 8.82. The van der Waals surface area contributed by atoms with Crippen molar-refractivity contribution < 1.29 is 9.84 Å². The number of methoxy groups -OCH3 is 1. The molecule has 0 radical (unpaired) electrons. The molecule has 2 N–H and O–H groups in total. The van der Waals surface area contributed by atoms with Crippen LogP contribution < -0.4 is 5.32 Å². The van der Waals surface area contributed by atoms with Gasteiger partial charge in [-0.3, -0.25) is 4.98 Å². The summed E-state index contributed by atoms with van der Waals surface area (Å²) >= 11 is 5.64. The highest BCUT2D eigenvalue weighted by Crippen LogP contribution is 2.40. The molecular weight excluding hydrogens is 360 g/mol. The second-order valence-electron chi connectivity index (χ2n) is 6.87. The fourth-order valence-corrected chi connectivity index (χ4v) is 4.21. The third kappa shape index (κ3) is 4.00. The average Bonchev–Trinajstić information content (AvgIpc) is 3.15. The Morgan fingerprint density at radius 2 is 2.11 bits per heavy atom. The maximum absolute atomic E-state index is 9.33. The first-order valence-corrected chi connectivity index (χ1v) is 9.73. The SMILES string of the molecule is COCCn1c(C)cc([C@H]2[C@@H](c3ccccn3)NC(=S)N2CCCO)c1C. The van der Waals surface area contributed by atoms with Crippen LogP contribution in [0.25, 0.3) is 0 Å². The molecule has 0 saturated carbocycles. The van der Waals surface area contributed by atoms with Crippen LogP contribution in [-0.2, 0) is 11.3 Å². The van der Waals surface area contributed by atoms with Gasteiger partial charge in [0, 0.05) is 44.4 Å². The Labute approximate surface area is 166 Å². The average molecular weight is 389 g/mol. The van der Waals surface area contributed by atoms with Crippen LogP contribution in [0.4, 0.5) is 0 Å². The van der Waals surface area contributed by atoms with Crippen molar-refractivity contribution in [3.8, 4) is 0 Å². The molecule has 0 bridgehead atoms. The number of ether oxygens (including phenoxy) is 1. The van der Waals surface area contributed by atoms with E-state index in [4.69, 9.17) is 17.0 Å². The Hall–Kier alpha value is -1.96. The van der Waals surface area contributed by atoms with E-state index in [0.717, 1.165) is 12.2 Å². The summed E-state index contributed by atoms with van der Waals surface area (Å²) in [4.78, 5) is 6.76. The molecule has 146 valence electrons. The number of aliphatic hydroxyl groups excluding tert-OH is 1. The molecule has 3 heterocycles. The second-order valence-corrected chi connectivity index (χ2v) is 7.25. The van der Waals surface area contributed by atoms with E-state index in [9.17, 15) is 5.11 Å². The van der Waals surface area contributed by atoms with E-state index in [1.807, 2.05) is 24.4 Å². The van der Waals surface area contributed by atoms with Gasteiger partial charge < -0.3 is 24.6 Å². The molecule has 2 aromatic rings. The molecular formula is C20H28N4O2S. The summed E-state index contributed by atoms with van der Waals surface area (Å²) in [6.07, 6.45) is 2.49. The number of rotatable bonds is 8. The lowest BCUT2D eigenvalue weighted by Crippen LogP contribution is -2.31. The zero-order valence-corrected chi connectivity index (χ0v) is 17.0. The van der Waals surface area contributed by atoms with Crippen molar-refractivity contribution in [2.75, 3.05) is 26.9 Å². The molecule has 6 nitrogen and oxygen atoms in total. The molecule has 2 aromatic heterocycles. The normalized spacial score (nSPS) is 19.6. The van der Waals surface area contributed by atoms with Gasteiger partial charge in [-0.1, -0.05) is 6.07 Å². The summed E-state index contributed by atoms with van der Waals surface area (Å²) in [5.74, 6) is 0. The molecule has 0 unspecified atom stereocenters. The number of hydrogen-bond acceptors (Lipinski definition) is 4. The van der Waals surface area contributed by atoms with Crippen molar-refractivity contribution in [3.63, 3.8) is 0 Å². The van der Waals surface area contributed by atoms with Gasteiger partial charge in [0.15, 0.2) is 5.11 Å². The number of aliphatic hydroxyl groups is 1. The molecule has 1 saturated heterocycles. The largest absolute Gasteiger partial charge is 0.396 e. The standard InChI is InChI=1S/C20H28N4O2S/c1-14-13-16(15(2)23(14)10-12-26-3)19-18(17-7-4-5-8-21-17)22-20(27)24(19)9-6-11-25/h4-5,7-8,13,18-19,25H,6,9-12H2,1-3H3,(H,22,27)/t18-,19+/m1/s1. The van der Waals surface area contributed by atoms with Crippen molar-refractivity contribution in [3.05, 3.63) is 53.1 Å². The van der Waals surface area contributed by atoms with Crippen molar-refractivity contribution >= 4 is 17.3 Å². The Morgan fingerprint density at radius 1 is 1.30 bits per heavy atom. The third-order valence-corrected chi connectivity index (χ3v) is 5.56. The monoisotopic (exact) mass is 388 g/mol. The van der Waals surface area contributed by atoms with Gasteiger partial charge in [0.05, 0.1) is 24.4 Å². The lowest BCUT2D eigenvalue weighted by molar-refractivity contribution is 0.186. The van der Waals surface area contributed by atoms with Crippen LogP contribution in [0.1, 0.15) is 41.1 Å². The van der Waals surface area contributed by atoms with Gasteiger partial charge in [0.1, 0.15) is 0 Å². The highest BCUT2D eigenvalue weighted by molar-refractivity contribution is 7.80. The lowest BCUT2D eigenvalue weighted by atomic mass is 9.96. The quantitative estimate of drug-likeness (QED) is 0.678. The van der Waals surface area contributed by atoms with Crippen LogP contribution in [-0.4, -0.2) is 51.5 Å². The zero-order valence-electron chi connectivity index (χ0n) is 16.2. The number of hydrogen-bond donors (Lipinski definition) is 2. The highest BCUT2D eigenvalue weighted by atomic mass is 32.1. The number of thiocarbonyl (C=S) groups is 1. The molecule has 1 aliphatic heterocycles. The van der Waals surface area contributed by atoms with Gasteiger partial charge in [-0.2, -0.15) is 0 Å². The number of pyridine rings is 1. The third-order valence-electron chi connectivity index (χ3n) is 5.21. The van der Waals surface area contributed by atoms with E-state index < -0.39 is 0 Å². The zero-order chi connectivity index (χ0) is 19.4. The fraction of sp³-hybridized carbons (Fsp3) is 0.500. The summed E-state index contributed by atoms with van der Waals surface area (Å²) in [7, 11) is 1.72. The molecule has 0 amide bonds. The number of nitrogens with one attached hydrogen (secondary N) is 1. The van der Waals surface area contributed by atoms with Gasteiger partial charge >= 0.3 is 0 Å². The minimum atomic E-state index is -0.0197. The van der Waals surface area contributed by atoms with Crippen LogP contribution >= 0.6 is 12.2 Å². The molecule has 0 aliphatic carbocycles. The first kappa shape index (κ1) is 19.8. The number of nitrogens with zero attached hydrogens (tertiary/aromatic N) is 3. The predicted octanol–water partition coefficient (Wildman–Crippen LogP) is 2.50. The number of aromatic nitrogens is 2. The summed E-state index contributed by atoms with van der Waals surface area (Å²) in [5, 5.41) is 13.5. The van der Waals surface area contributed by atoms with Crippen molar-refractivity contribution in [1.82, 2.24) is 19.8 Å². The Bertz CT molecular complexity index is 778. The van der Waals surface area contributed by atoms with E-state index in [0.29, 0.717) is 24.7 Å². The van der Waals surface area contributed by atoms with Crippen molar-refractivity contribution in [2.24, 2.45) is 0 Å². The predicted molar refractivity (Wildman–Crippen MR) is 110 cm³/mol. The molecule has 0 aromatic carbocycles. The van der Waals surface area contributed by atoms with Crippen molar-refractivity contribution in [1.29, 1.82) is 0 Å². The topological polar surface area (TPSA) is 62.5 Å². The van der Waals surface area contributed by atoms with E-state index in [1.165, 1.54) is 17.0 Å². The minimum Gasteiger partial charge on any atom is -0.396 e. The van der Waals surface area contributed by atoms with Gasteiger partial charge in [0.25, 0.3) is 0 Å². The van der Waals surface area contributed by atoms with E-state index in [2.05, 4.69) is 39.7 Å². The number of aryl methyl sites for hydroxylation is 1. The van der Waals surface area contributed by atoms with Crippen LogP contribution in [0.15, 0.2) is 30.5 Å². The van der Waals surface area contributed by atoms with Crippen LogP contribution in [0.3, 0.4) is 0 Å². The lowest BCUT2D eigenvalue weighted by Gasteiger charge is -2.28. The minimum absolute atomic E-state index is 0.0197. The molecule has 27 heavy (non-hydrogen) atoms. The smallest absolute Gasteiger partial charge is 0.170 e. The Kier molecular flexibility index (Phi) is 6.46. The Morgan fingerprint density at radius 3 is 2.78 bits per heavy atom. The molecule has 2 atom stereocenters. The maximum Gasteiger partial charge on any atom is 0.170 e. The Balaban J connectivity index is 2.02. The summed E-state index contributed by atoms with van der Waals surface area (Å²) in [6, 6.07) is 8.23. The van der Waals surface area contributed by atoms with E-state index in [1.54, 1.807) is 7.11 Å². The summed E-state index contributed by atoms with van der Waals surface area (Å²) in [5.41, 5.74) is 4.64.